The number of methoxy groups -OCH3 is 1. The topological polar surface area (TPSA) is 54.8 Å². The van der Waals surface area contributed by atoms with E-state index < -0.39 is 0 Å². The van der Waals surface area contributed by atoms with E-state index in [1.165, 1.54) is 5.01 Å². The fourth-order valence-electron chi connectivity index (χ4n) is 4.13. The maximum Gasteiger partial charge on any atom is 0.274 e. The molecule has 3 aromatic carbocycles. The Morgan fingerprint density at radius 3 is 2.50 bits per heavy atom. The summed E-state index contributed by atoms with van der Waals surface area (Å²) in [4.78, 5) is 18.2. The Labute approximate surface area is 211 Å². The predicted octanol–water partition coefficient (Wildman–Crippen LogP) is 6.96. The van der Waals surface area contributed by atoms with Gasteiger partial charge in [-0.2, -0.15) is 5.10 Å². The second kappa shape index (κ2) is 9.20. The Kier molecular flexibility index (Phi) is 6.11. The van der Waals surface area contributed by atoms with E-state index in [-0.39, 0.29) is 11.9 Å². The molecule has 1 aliphatic rings. The fourth-order valence-corrected chi connectivity index (χ4v) is 4.66. The zero-order valence-corrected chi connectivity index (χ0v) is 21.0. The first-order chi connectivity index (χ1) is 16.4. The van der Waals surface area contributed by atoms with Crippen molar-refractivity contribution in [3.63, 3.8) is 0 Å². The highest BCUT2D eigenvalue weighted by molar-refractivity contribution is 9.10. The highest BCUT2D eigenvalue weighted by Crippen LogP contribution is 2.38. The van der Waals surface area contributed by atoms with E-state index >= 15 is 0 Å². The van der Waals surface area contributed by atoms with Gasteiger partial charge in [0.25, 0.3) is 5.91 Å². The molecule has 5 rings (SSSR count). The molecule has 1 atom stereocenters. The molecule has 7 heteroatoms. The number of hydrogen-bond acceptors (Lipinski definition) is 4. The third-order valence-corrected chi connectivity index (χ3v) is 6.78. The predicted molar refractivity (Wildman–Crippen MR) is 139 cm³/mol. The van der Waals surface area contributed by atoms with Gasteiger partial charge < -0.3 is 4.74 Å². The number of fused-ring (bicyclic) bond motifs is 1. The summed E-state index contributed by atoms with van der Waals surface area (Å²) in [5, 5.41) is 7.65. The molecule has 4 aromatic rings. The molecule has 34 heavy (non-hydrogen) atoms. The highest BCUT2D eigenvalue weighted by Gasteiger charge is 2.35. The molecule has 0 unspecified atom stereocenters. The van der Waals surface area contributed by atoms with E-state index in [0.29, 0.717) is 17.1 Å². The number of pyridine rings is 1. The van der Waals surface area contributed by atoms with Gasteiger partial charge in [-0.3, -0.25) is 4.79 Å². The average Bonchev–Trinajstić information content (AvgIpc) is 3.29. The number of hydrogen-bond donors (Lipinski definition) is 0. The van der Waals surface area contributed by atoms with Crippen LogP contribution in [0.4, 0.5) is 0 Å². The van der Waals surface area contributed by atoms with Gasteiger partial charge in [0.2, 0.25) is 0 Å². The van der Waals surface area contributed by atoms with E-state index in [1.807, 2.05) is 67.6 Å². The zero-order valence-electron chi connectivity index (χ0n) is 18.6. The fraction of sp³-hybridized carbons (Fsp3) is 0.148. The summed E-state index contributed by atoms with van der Waals surface area (Å²) in [6, 6.07) is 22.7. The lowest BCUT2D eigenvalue weighted by molar-refractivity contribution is 0.0711. The van der Waals surface area contributed by atoms with Crippen LogP contribution in [0.5, 0.6) is 5.75 Å². The summed E-state index contributed by atoms with van der Waals surface area (Å²) in [5.74, 6) is 0.569. The summed E-state index contributed by atoms with van der Waals surface area (Å²) in [7, 11) is 1.63. The Morgan fingerprint density at radius 1 is 1.06 bits per heavy atom. The molecule has 0 bridgehead atoms. The van der Waals surface area contributed by atoms with Gasteiger partial charge in [0, 0.05) is 27.4 Å². The second-order valence-corrected chi connectivity index (χ2v) is 9.49. The number of hydrazone groups is 1. The molecular formula is C27H21BrClN3O2. The van der Waals surface area contributed by atoms with Crippen LogP contribution in [0.25, 0.3) is 10.9 Å². The molecule has 0 aliphatic carbocycles. The molecule has 1 amide bonds. The molecule has 1 aromatic heterocycles. The molecule has 0 saturated carbocycles. The molecule has 0 spiro atoms. The van der Waals surface area contributed by atoms with Gasteiger partial charge >= 0.3 is 0 Å². The van der Waals surface area contributed by atoms with Crippen molar-refractivity contribution in [3.05, 3.63) is 105 Å². The van der Waals surface area contributed by atoms with Crippen molar-refractivity contribution in [1.82, 2.24) is 9.99 Å². The molecule has 0 N–H and O–H groups in total. The number of carbonyl (C=O) groups excluding carboxylic acids is 1. The number of amides is 1. The molecule has 0 saturated heterocycles. The van der Waals surface area contributed by atoms with Crippen molar-refractivity contribution in [2.75, 3.05) is 7.11 Å². The average molecular weight is 535 g/mol. The minimum atomic E-state index is -0.376. The normalized spacial score (nSPS) is 15.5. The van der Waals surface area contributed by atoms with Crippen LogP contribution in [-0.2, 0) is 0 Å². The first-order valence-corrected chi connectivity index (χ1v) is 12.0. The number of rotatable bonds is 4. The lowest BCUT2D eigenvalue weighted by Crippen LogP contribution is -2.27. The molecule has 0 fully saturated rings. The van der Waals surface area contributed by atoms with Gasteiger partial charge in [0.1, 0.15) is 10.9 Å². The molecule has 170 valence electrons. The standard InChI is InChI=1S/C27H21BrClN3O2/c1-16-3-4-19-14-22(26(29)30-23(19)13-16)25-15-24(17-7-11-21(34-2)12-8-17)31-32(25)27(33)18-5-9-20(28)10-6-18/h3-14,25H,15H2,1-2H3/t25-/m0/s1. The van der Waals surface area contributed by atoms with Crippen LogP contribution in [0.1, 0.15) is 39.5 Å². The van der Waals surface area contributed by atoms with E-state index in [0.717, 1.165) is 43.5 Å². The van der Waals surface area contributed by atoms with E-state index in [2.05, 4.69) is 20.9 Å². The summed E-state index contributed by atoms with van der Waals surface area (Å²) in [6.45, 7) is 2.02. The van der Waals surface area contributed by atoms with Gasteiger partial charge in [-0.25, -0.2) is 9.99 Å². The lowest BCUT2D eigenvalue weighted by atomic mass is 9.97. The van der Waals surface area contributed by atoms with Crippen molar-refractivity contribution >= 4 is 50.1 Å². The van der Waals surface area contributed by atoms with Gasteiger partial charge in [-0.1, -0.05) is 39.7 Å². The Hall–Kier alpha value is -3.22. The number of nitrogens with zero attached hydrogens (tertiary/aromatic N) is 3. The summed E-state index contributed by atoms with van der Waals surface area (Å²) >= 11 is 10.1. The highest BCUT2D eigenvalue weighted by atomic mass is 79.9. The number of ether oxygens (including phenoxy) is 1. The van der Waals surface area contributed by atoms with Crippen molar-refractivity contribution in [2.45, 2.75) is 19.4 Å². The molecule has 5 nitrogen and oxygen atoms in total. The summed E-state index contributed by atoms with van der Waals surface area (Å²) in [5.41, 5.74) is 5.00. The monoisotopic (exact) mass is 533 g/mol. The third-order valence-electron chi connectivity index (χ3n) is 5.95. The van der Waals surface area contributed by atoms with E-state index in [1.54, 1.807) is 19.2 Å². The number of carbonyl (C=O) groups is 1. The maximum absolute atomic E-state index is 13.6. The number of benzene rings is 3. The van der Waals surface area contributed by atoms with Crippen LogP contribution in [0.2, 0.25) is 5.15 Å². The van der Waals surface area contributed by atoms with Crippen LogP contribution in [0.3, 0.4) is 0 Å². The minimum absolute atomic E-state index is 0.193. The molecule has 2 heterocycles. The van der Waals surface area contributed by atoms with Gasteiger partial charge in [-0.05, 0) is 78.7 Å². The van der Waals surface area contributed by atoms with E-state index in [4.69, 9.17) is 21.4 Å². The van der Waals surface area contributed by atoms with Crippen molar-refractivity contribution < 1.29 is 9.53 Å². The zero-order chi connectivity index (χ0) is 23.8. The first-order valence-electron chi connectivity index (χ1n) is 10.8. The van der Waals surface area contributed by atoms with Crippen molar-refractivity contribution in [2.24, 2.45) is 5.10 Å². The van der Waals surface area contributed by atoms with Gasteiger partial charge in [0.15, 0.2) is 0 Å². The molecular weight excluding hydrogens is 514 g/mol. The molecule has 0 radical (unpaired) electrons. The smallest absolute Gasteiger partial charge is 0.274 e. The van der Waals surface area contributed by atoms with Crippen molar-refractivity contribution in [3.8, 4) is 5.75 Å². The lowest BCUT2D eigenvalue weighted by Gasteiger charge is -2.23. The summed E-state index contributed by atoms with van der Waals surface area (Å²) in [6.07, 6.45) is 0.521. The SMILES string of the molecule is COc1ccc(C2=NN(C(=O)c3ccc(Br)cc3)[C@H](c3cc4ccc(C)cc4nc3Cl)C2)cc1. The largest absolute Gasteiger partial charge is 0.497 e. The number of aryl methyl sites for hydroxylation is 1. The molecule has 1 aliphatic heterocycles. The van der Waals surface area contributed by atoms with Crippen LogP contribution < -0.4 is 4.74 Å². The van der Waals surface area contributed by atoms with Crippen LogP contribution in [0.15, 0.2) is 82.4 Å². The van der Waals surface area contributed by atoms with Crippen LogP contribution in [0, 0.1) is 6.92 Å². The van der Waals surface area contributed by atoms with Crippen LogP contribution in [-0.4, -0.2) is 28.7 Å². The third kappa shape index (κ3) is 4.31. The Morgan fingerprint density at radius 2 is 1.79 bits per heavy atom. The van der Waals surface area contributed by atoms with Crippen molar-refractivity contribution in [1.29, 1.82) is 0 Å². The Balaban J connectivity index is 1.58. The second-order valence-electron chi connectivity index (χ2n) is 8.22. The van der Waals surface area contributed by atoms with Gasteiger partial charge in [-0.15, -0.1) is 0 Å². The van der Waals surface area contributed by atoms with Crippen LogP contribution >= 0.6 is 27.5 Å². The van der Waals surface area contributed by atoms with Gasteiger partial charge in [0.05, 0.1) is 24.4 Å². The number of halogens is 2. The maximum atomic E-state index is 13.6. The quantitative estimate of drug-likeness (QED) is 0.266. The Bertz CT molecular complexity index is 1420. The number of aromatic nitrogens is 1. The summed E-state index contributed by atoms with van der Waals surface area (Å²) < 4.78 is 6.18. The first kappa shape index (κ1) is 22.6. The minimum Gasteiger partial charge on any atom is -0.497 e. The van der Waals surface area contributed by atoms with E-state index in [9.17, 15) is 4.79 Å².